The molecule has 0 amide bonds. The summed E-state index contributed by atoms with van der Waals surface area (Å²) in [5.41, 5.74) is 8.30. The molecule has 0 bridgehead atoms. The molecule has 0 aliphatic rings. The number of nitriles is 1. The zero-order chi connectivity index (χ0) is 14.9. The van der Waals surface area contributed by atoms with Gasteiger partial charge in [-0.25, -0.2) is 4.79 Å². The zero-order valence-electron chi connectivity index (χ0n) is 11.0. The summed E-state index contributed by atoms with van der Waals surface area (Å²) in [6, 6.07) is 7.71. The molecular formula is C14H12IN3O2. The molecule has 1 heterocycles. The van der Waals surface area contributed by atoms with Crippen LogP contribution in [0.1, 0.15) is 21.6 Å². The second kappa shape index (κ2) is 5.54. The van der Waals surface area contributed by atoms with E-state index in [9.17, 15) is 4.79 Å². The fourth-order valence-corrected chi connectivity index (χ4v) is 2.35. The predicted molar refractivity (Wildman–Crippen MR) is 83.7 cm³/mol. The number of aromatic nitrogens is 1. The molecule has 0 aliphatic heterocycles. The van der Waals surface area contributed by atoms with Gasteiger partial charge in [-0.2, -0.15) is 5.26 Å². The number of halogens is 1. The molecule has 5 nitrogen and oxygen atoms in total. The smallest absolute Gasteiger partial charge is 0.357 e. The van der Waals surface area contributed by atoms with E-state index in [-0.39, 0.29) is 16.9 Å². The number of methoxy groups -OCH3 is 1. The fourth-order valence-electron chi connectivity index (χ4n) is 1.85. The minimum Gasteiger partial charge on any atom is -0.464 e. The minimum atomic E-state index is -0.570. The maximum Gasteiger partial charge on any atom is 0.357 e. The number of carbonyl (C=O) groups excluding carboxylic acids is 1. The normalized spacial score (nSPS) is 10.1. The molecule has 2 N–H and O–H groups in total. The Balaban J connectivity index is 2.70. The maximum absolute atomic E-state index is 11.9. The summed E-state index contributed by atoms with van der Waals surface area (Å²) in [4.78, 5) is 11.9. The van der Waals surface area contributed by atoms with Gasteiger partial charge in [-0.3, -0.25) is 0 Å². The molecule has 0 aliphatic carbocycles. The molecule has 0 radical (unpaired) electrons. The monoisotopic (exact) mass is 381 g/mol. The van der Waals surface area contributed by atoms with Crippen LogP contribution in [0.4, 0.5) is 5.69 Å². The summed E-state index contributed by atoms with van der Waals surface area (Å²) in [5.74, 6) is -0.570. The van der Waals surface area contributed by atoms with Crippen LogP contribution in [0.3, 0.4) is 0 Å². The zero-order valence-corrected chi connectivity index (χ0v) is 13.1. The van der Waals surface area contributed by atoms with Crippen molar-refractivity contribution in [1.82, 2.24) is 4.57 Å². The molecule has 0 saturated carbocycles. The van der Waals surface area contributed by atoms with Crippen LogP contribution >= 0.6 is 22.6 Å². The third-order valence-electron chi connectivity index (χ3n) is 2.98. The van der Waals surface area contributed by atoms with Crippen molar-refractivity contribution in [2.24, 2.45) is 0 Å². The van der Waals surface area contributed by atoms with Crippen LogP contribution in [0.5, 0.6) is 0 Å². The first-order valence-electron chi connectivity index (χ1n) is 5.75. The van der Waals surface area contributed by atoms with Crippen molar-refractivity contribution >= 4 is 34.2 Å². The lowest BCUT2D eigenvalue weighted by Gasteiger charge is -2.09. The molecule has 2 rings (SSSR count). The number of esters is 1. The van der Waals surface area contributed by atoms with Gasteiger partial charge in [-0.05, 0) is 47.2 Å². The van der Waals surface area contributed by atoms with Gasteiger partial charge in [-0.15, -0.1) is 0 Å². The van der Waals surface area contributed by atoms with Gasteiger partial charge < -0.3 is 15.0 Å². The van der Waals surface area contributed by atoms with Crippen molar-refractivity contribution in [3.05, 3.63) is 44.8 Å². The van der Waals surface area contributed by atoms with Crippen molar-refractivity contribution in [3.63, 3.8) is 0 Å². The molecule has 2 aromatic rings. The van der Waals surface area contributed by atoms with Crippen molar-refractivity contribution < 1.29 is 9.53 Å². The number of nitrogens with zero attached hydrogens (tertiary/aromatic N) is 2. The summed E-state index contributed by atoms with van der Waals surface area (Å²) < 4.78 is 7.38. The van der Waals surface area contributed by atoms with E-state index in [0.29, 0.717) is 0 Å². The van der Waals surface area contributed by atoms with Gasteiger partial charge in [0.1, 0.15) is 6.07 Å². The van der Waals surface area contributed by atoms with Crippen LogP contribution in [0, 0.1) is 21.8 Å². The van der Waals surface area contributed by atoms with Crippen LogP contribution < -0.4 is 5.73 Å². The van der Waals surface area contributed by atoms with E-state index >= 15 is 0 Å². The van der Waals surface area contributed by atoms with Gasteiger partial charge >= 0.3 is 5.97 Å². The molecule has 20 heavy (non-hydrogen) atoms. The first-order valence-corrected chi connectivity index (χ1v) is 6.83. The first-order chi connectivity index (χ1) is 9.49. The highest BCUT2D eigenvalue weighted by Gasteiger charge is 2.21. The molecule has 1 aromatic heterocycles. The van der Waals surface area contributed by atoms with Gasteiger partial charge in [0.2, 0.25) is 0 Å². The summed E-state index contributed by atoms with van der Waals surface area (Å²) >= 11 is 2.21. The van der Waals surface area contributed by atoms with E-state index in [2.05, 4.69) is 22.6 Å². The Bertz CT molecular complexity index is 729. The molecule has 0 atom stereocenters. The third kappa shape index (κ3) is 2.36. The van der Waals surface area contributed by atoms with Crippen LogP contribution in [-0.4, -0.2) is 17.6 Å². The SMILES string of the molecule is COC(=O)c1c(N)c(C#N)cn1-c1ccc(C)c(I)c1. The van der Waals surface area contributed by atoms with E-state index in [1.54, 1.807) is 10.8 Å². The van der Waals surface area contributed by atoms with Crippen molar-refractivity contribution in [2.45, 2.75) is 6.92 Å². The van der Waals surface area contributed by atoms with Crippen molar-refractivity contribution in [1.29, 1.82) is 5.26 Å². The summed E-state index contributed by atoms with van der Waals surface area (Å²) in [6.45, 7) is 2.00. The van der Waals surface area contributed by atoms with E-state index in [4.69, 9.17) is 15.7 Å². The average molecular weight is 381 g/mol. The second-order valence-corrected chi connectivity index (χ2v) is 5.37. The standard InChI is InChI=1S/C14H12IN3O2/c1-8-3-4-10(5-11(8)15)18-7-9(6-16)12(17)13(18)14(19)20-2/h3-5,7H,17H2,1-2H3. The van der Waals surface area contributed by atoms with E-state index in [1.165, 1.54) is 7.11 Å². The van der Waals surface area contributed by atoms with E-state index in [0.717, 1.165) is 14.8 Å². The number of ether oxygens (including phenoxy) is 1. The number of nitrogens with two attached hydrogens (primary N) is 1. The van der Waals surface area contributed by atoms with Gasteiger partial charge in [0.25, 0.3) is 0 Å². The molecular weight excluding hydrogens is 369 g/mol. The second-order valence-electron chi connectivity index (χ2n) is 4.21. The number of hydrogen-bond donors (Lipinski definition) is 1. The van der Waals surface area contributed by atoms with Crippen LogP contribution in [-0.2, 0) is 4.74 Å². The van der Waals surface area contributed by atoms with Gasteiger partial charge in [-0.1, -0.05) is 6.07 Å². The topological polar surface area (TPSA) is 81.0 Å². The molecule has 0 unspecified atom stereocenters. The number of nitrogen functional groups attached to an aromatic ring is 1. The van der Waals surface area contributed by atoms with Gasteiger partial charge in [0.15, 0.2) is 5.69 Å². The Hall–Kier alpha value is -2.01. The number of rotatable bonds is 2. The summed E-state index contributed by atoms with van der Waals surface area (Å²) in [5, 5.41) is 9.06. The quantitative estimate of drug-likeness (QED) is 0.641. The molecule has 1 aromatic carbocycles. The summed E-state index contributed by atoms with van der Waals surface area (Å²) in [6.07, 6.45) is 1.54. The van der Waals surface area contributed by atoms with Crippen LogP contribution in [0.15, 0.2) is 24.4 Å². The van der Waals surface area contributed by atoms with Gasteiger partial charge in [0.05, 0.1) is 18.4 Å². The van der Waals surface area contributed by atoms with Crippen LogP contribution in [0.2, 0.25) is 0 Å². The molecule has 102 valence electrons. The number of aryl methyl sites for hydroxylation is 1. The molecule has 0 saturated heterocycles. The van der Waals surface area contributed by atoms with Crippen molar-refractivity contribution in [2.75, 3.05) is 12.8 Å². The lowest BCUT2D eigenvalue weighted by molar-refractivity contribution is 0.0593. The maximum atomic E-state index is 11.9. The Morgan fingerprint density at radius 1 is 1.50 bits per heavy atom. The molecule has 6 heteroatoms. The Morgan fingerprint density at radius 2 is 2.20 bits per heavy atom. The summed E-state index contributed by atoms with van der Waals surface area (Å²) in [7, 11) is 1.28. The highest BCUT2D eigenvalue weighted by molar-refractivity contribution is 14.1. The van der Waals surface area contributed by atoms with E-state index in [1.807, 2.05) is 31.2 Å². The Morgan fingerprint density at radius 3 is 2.75 bits per heavy atom. The lowest BCUT2D eigenvalue weighted by atomic mass is 10.2. The third-order valence-corrected chi connectivity index (χ3v) is 4.14. The largest absolute Gasteiger partial charge is 0.464 e. The van der Waals surface area contributed by atoms with Crippen LogP contribution in [0.25, 0.3) is 5.69 Å². The van der Waals surface area contributed by atoms with Crippen molar-refractivity contribution in [3.8, 4) is 11.8 Å². The predicted octanol–water partition coefficient (Wildman–Crippen LogP) is 2.63. The highest BCUT2D eigenvalue weighted by atomic mass is 127. The van der Waals surface area contributed by atoms with E-state index < -0.39 is 5.97 Å². The number of carbonyl (C=O) groups is 1. The Labute approximate surface area is 130 Å². The number of benzene rings is 1. The molecule has 0 fully saturated rings. The average Bonchev–Trinajstić information content (AvgIpc) is 2.78. The fraction of sp³-hybridized carbons (Fsp3) is 0.143. The lowest BCUT2D eigenvalue weighted by Crippen LogP contribution is -2.11. The number of hydrogen-bond acceptors (Lipinski definition) is 4. The highest BCUT2D eigenvalue weighted by Crippen LogP contribution is 2.26. The number of anilines is 1. The van der Waals surface area contributed by atoms with Gasteiger partial charge in [0, 0.05) is 15.5 Å². The Kier molecular flexibility index (Phi) is 3.99. The minimum absolute atomic E-state index is 0.134. The molecule has 0 spiro atoms. The first kappa shape index (κ1) is 14.4.